The number of likely N-dealkylation sites (tertiary alicyclic amines) is 1. The fourth-order valence-electron chi connectivity index (χ4n) is 5.17. The van der Waals surface area contributed by atoms with Gasteiger partial charge in [-0.1, -0.05) is 30.3 Å². The number of benzene rings is 2. The van der Waals surface area contributed by atoms with Gasteiger partial charge in [-0.2, -0.15) is 0 Å². The van der Waals surface area contributed by atoms with Crippen LogP contribution in [0.25, 0.3) is 11.0 Å². The molecule has 0 atom stereocenters. The first-order valence-electron chi connectivity index (χ1n) is 11.7. The molecule has 1 fully saturated rings. The molecule has 32 heavy (non-hydrogen) atoms. The van der Waals surface area contributed by atoms with Gasteiger partial charge in [0.15, 0.2) is 0 Å². The molecular weight excluding hydrogens is 422 g/mol. The van der Waals surface area contributed by atoms with Crippen molar-refractivity contribution in [3.63, 3.8) is 0 Å². The molecule has 0 N–H and O–H groups in total. The van der Waals surface area contributed by atoms with Crippen molar-refractivity contribution >= 4 is 23.4 Å². The third kappa shape index (κ3) is 5.19. The molecule has 1 aliphatic heterocycles. The van der Waals surface area contributed by atoms with Crippen LogP contribution < -0.4 is 10.4 Å². The number of halogens is 1. The van der Waals surface area contributed by atoms with Crippen LogP contribution in [0.4, 0.5) is 0 Å². The van der Waals surface area contributed by atoms with Crippen LogP contribution in [0.5, 0.6) is 5.75 Å². The zero-order valence-electron chi connectivity index (χ0n) is 18.6. The van der Waals surface area contributed by atoms with Crippen molar-refractivity contribution in [3.05, 3.63) is 75.6 Å². The predicted molar refractivity (Wildman–Crippen MR) is 131 cm³/mol. The second-order valence-electron chi connectivity index (χ2n) is 9.03. The summed E-state index contributed by atoms with van der Waals surface area (Å²) in [6.07, 6.45) is 7.73. The summed E-state index contributed by atoms with van der Waals surface area (Å²) in [5.74, 6) is 1.57. The maximum absolute atomic E-state index is 12.3. The molecular formula is C27H32ClNO3. The van der Waals surface area contributed by atoms with Crippen LogP contribution in [0.15, 0.2) is 57.7 Å². The third-order valence-electron chi connectivity index (χ3n) is 6.95. The molecule has 3 aromatic rings. The Morgan fingerprint density at radius 1 is 0.969 bits per heavy atom. The van der Waals surface area contributed by atoms with Crippen molar-refractivity contribution in [2.45, 2.75) is 44.9 Å². The van der Waals surface area contributed by atoms with Gasteiger partial charge in [0.2, 0.25) is 0 Å². The Bertz CT molecular complexity index is 1090. The van der Waals surface area contributed by atoms with Gasteiger partial charge in [0.05, 0.1) is 0 Å². The third-order valence-corrected chi connectivity index (χ3v) is 6.95. The van der Waals surface area contributed by atoms with Crippen molar-refractivity contribution in [2.24, 2.45) is 5.92 Å². The summed E-state index contributed by atoms with van der Waals surface area (Å²) in [5, 5.41) is 1.07. The minimum atomic E-state index is -0.169. The number of nitrogens with zero attached hydrogens (tertiary/aromatic N) is 1. The van der Waals surface area contributed by atoms with Crippen LogP contribution in [0.2, 0.25) is 0 Å². The van der Waals surface area contributed by atoms with Crippen LogP contribution in [0, 0.1) is 5.92 Å². The Morgan fingerprint density at radius 3 is 2.50 bits per heavy atom. The second-order valence-corrected chi connectivity index (χ2v) is 9.03. The first kappa shape index (κ1) is 22.9. The normalized spacial score (nSPS) is 17.0. The second kappa shape index (κ2) is 10.5. The fraction of sp³-hybridized carbons (Fsp3) is 0.444. The van der Waals surface area contributed by atoms with E-state index < -0.39 is 0 Å². The predicted octanol–water partition coefficient (Wildman–Crippen LogP) is 5.43. The molecule has 0 unspecified atom stereocenters. The maximum Gasteiger partial charge on any atom is 0.339 e. The number of hydrogen-bond acceptors (Lipinski definition) is 4. The minimum absolute atomic E-state index is 0. The van der Waals surface area contributed by atoms with Crippen molar-refractivity contribution in [1.82, 2.24) is 4.90 Å². The molecule has 0 radical (unpaired) electrons. The van der Waals surface area contributed by atoms with Crippen LogP contribution in [0.1, 0.15) is 42.4 Å². The molecule has 1 aliphatic carbocycles. The van der Waals surface area contributed by atoms with Crippen LogP contribution in [-0.4, -0.2) is 31.1 Å². The number of fused-ring (bicyclic) bond motifs is 3. The number of piperidine rings is 1. The first-order chi connectivity index (χ1) is 15.3. The molecule has 0 spiro atoms. The van der Waals surface area contributed by atoms with E-state index in [1.807, 2.05) is 12.1 Å². The molecule has 1 aromatic heterocycles. The number of aryl methyl sites for hydroxylation is 1. The van der Waals surface area contributed by atoms with E-state index in [0.29, 0.717) is 12.2 Å². The van der Waals surface area contributed by atoms with Gasteiger partial charge in [-0.25, -0.2) is 4.79 Å². The lowest BCUT2D eigenvalue weighted by Gasteiger charge is -2.31. The van der Waals surface area contributed by atoms with Crippen molar-refractivity contribution in [1.29, 1.82) is 0 Å². The molecule has 4 nitrogen and oxygen atoms in total. The van der Waals surface area contributed by atoms with Gasteiger partial charge in [-0.3, -0.25) is 4.90 Å². The number of ether oxygens (including phenoxy) is 1. The molecule has 170 valence electrons. The largest absolute Gasteiger partial charge is 0.492 e. The minimum Gasteiger partial charge on any atom is -0.492 e. The Kier molecular flexibility index (Phi) is 7.54. The van der Waals surface area contributed by atoms with Gasteiger partial charge in [0.25, 0.3) is 0 Å². The highest BCUT2D eigenvalue weighted by Gasteiger charge is 2.20. The van der Waals surface area contributed by atoms with Crippen LogP contribution in [0.3, 0.4) is 0 Å². The van der Waals surface area contributed by atoms with E-state index in [2.05, 4.69) is 41.3 Å². The Morgan fingerprint density at radius 2 is 1.72 bits per heavy atom. The summed E-state index contributed by atoms with van der Waals surface area (Å²) in [4.78, 5) is 14.8. The molecule has 2 heterocycles. The van der Waals surface area contributed by atoms with E-state index in [-0.39, 0.29) is 18.0 Å². The van der Waals surface area contributed by atoms with Gasteiger partial charge >= 0.3 is 5.63 Å². The number of hydrogen-bond donors (Lipinski definition) is 0. The van der Waals surface area contributed by atoms with Crippen molar-refractivity contribution in [3.8, 4) is 5.75 Å². The van der Waals surface area contributed by atoms with Crippen molar-refractivity contribution in [2.75, 3.05) is 26.2 Å². The summed E-state index contributed by atoms with van der Waals surface area (Å²) in [5.41, 5.74) is 4.00. The lowest BCUT2D eigenvalue weighted by Crippen LogP contribution is -2.37. The molecule has 0 amide bonds. The highest BCUT2D eigenvalue weighted by atomic mass is 35.5. The molecule has 0 bridgehead atoms. The van der Waals surface area contributed by atoms with Gasteiger partial charge in [-0.15, -0.1) is 12.4 Å². The average Bonchev–Trinajstić information content (AvgIpc) is 2.81. The zero-order chi connectivity index (χ0) is 21.0. The standard InChI is InChI=1S/C27H31NO3.ClH/c29-27-25-9-5-4-8-23(25)24-11-10-22(19-26(24)31-27)30-17-16-28-14-12-21(13-15-28)18-20-6-2-1-3-7-20;/h1-3,6-7,10-11,19,21H,4-5,8-9,12-18H2;1H. The monoisotopic (exact) mass is 453 g/mol. The molecule has 5 heteroatoms. The van der Waals surface area contributed by atoms with Gasteiger partial charge < -0.3 is 9.15 Å². The topological polar surface area (TPSA) is 42.7 Å². The number of rotatable bonds is 6. The fourth-order valence-corrected chi connectivity index (χ4v) is 5.17. The first-order valence-corrected chi connectivity index (χ1v) is 11.7. The van der Waals surface area contributed by atoms with E-state index in [0.717, 1.165) is 67.9 Å². The molecule has 2 aromatic carbocycles. The SMILES string of the molecule is Cl.O=c1oc2cc(OCCN3CCC(Cc4ccccc4)CC3)ccc2c2c1CCCC2. The Hall–Kier alpha value is -2.30. The van der Waals surface area contributed by atoms with E-state index in [9.17, 15) is 4.79 Å². The average molecular weight is 454 g/mol. The van der Waals surface area contributed by atoms with Crippen LogP contribution in [-0.2, 0) is 19.3 Å². The highest BCUT2D eigenvalue weighted by molar-refractivity contribution is 5.85. The maximum atomic E-state index is 12.3. The highest BCUT2D eigenvalue weighted by Crippen LogP contribution is 2.29. The zero-order valence-corrected chi connectivity index (χ0v) is 19.4. The molecule has 5 rings (SSSR count). The van der Waals surface area contributed by atoms with Crippen LogP contribution >= 0.6 is 12.4 Å². The van der Waals surface area contributed by atoms with E-state index in [1.54, 1.807) is 0 Å². The summed E-state index contributed by atoms with van der Waals surface area (Å²) in [6, 6.07) is 16.8. The molecule has 0 saturated carbocycles. The quantitative estimate of drug-likeness (QED) is 0.467. The van der Waals surface area contributed by atoms with E-state index in [4.69, 9.17) is 9.15 Å². The summed E-state index contributed by atoms with van der Waals surface area (Å²) in [7, 11) is 0. The van der Waals surface area contributed by atoms with E-state index in [1.165, 1.54) is 30.4 Å². The Balaban J connectivity index is 0.00000245. The molecule has 2 aliphatic rings. The smallest absolute Gasteiger partial charge is 0.339 e. The summed E-state index contributed by atoms with van der Waals surface area (Å²) >= 11 is 0. The lowest BCUT2D eigenvalue weighted by molar-refractivity contribution is 0.155. The van der Waals surface area contributed by atoms with Gasteiger partial charge in [-0.05, 0) is 87.2 Å². The summed E-state index contributed by atoms with van der Waals surface area (Å²) < 4.78 is 11.6. The van der Waals surface area contributed by atoms with Gasteiger partial charge in [0, 0.05) is 23.6 Å². The summed E-state index contributed by atoms with van der Waals surface area (Å²) in [6.45, 7) is 3.87. The Labute approximate surface area is 196 Å². The van der Waals surface area contributed by atoms with Gasteiger partial charge in [0.1, 0.15) is 17.9 Å². The van der Waals surface area contributed by atoms with Crippen molar-refractivity contribution < 1.29 is 9.15 Å². The van der Waals surface area contributed by atoms with E-state index >= 15 is 0 Å². The lowest BCUT2D eigenvalue weighted by atomic mass is 9.90. The molecule has 1 saturated heterocycles.